The molecular weight excluding hydrogens is 644 g/mol. The molecule has 3 heterocycles. The van der Waals surface area contributed by atoms with E-state index in [2.05, 4.69) is 10.2 Å². The van der Waals surface area contributed by atoms with Crippen LogP contribution in [0.4, 0.5) is 14.6 Å². The van der Waals surface area contributed by atoms with Crippen LogP contribution in [0.5, 0.6) is 0 Å². The highest BCUT2D eigenvalue weighted by Gasteiger charge is 2.32. The van der Waals surface area contributed by atoms with Crippen molar-refractivity contribution >= 4 is 40.4 Å². The number of piperazine rings is 1. The van der Waals surface area contributed by atoms with E-state index in [-0.39, 0.29) is 24.7 Å². The van der Waals surface area contributed by atoms with Crippen LogP contribution in [0.2, 0.25) is 0 Å². The molecule has 2 aromatic carbocycles. The van der Waals surface area contributed by atoms with Crippen molar-refractivity contribution in [3.05, 3.63) is 77.4 Å². The van der Waals surface area contributed by atoms with Crippen molar-refractivity contribution in [2.24, 2.45) is 0 Å². The number of esters is 1. The van der Waals surface area contributed by atoms with Crippen LogP contribution in [-0.2, 0) is 20.8 Å². The maximum Gasteiger partial charge on any atom is 0.412 e. The van der Waals surface area contributed by atoms with E-state index in [1.165, 1.54) is 11.3 Å². The zero-order valence-corrected chi connectivity index (χ0v) is 29.7. The molecule has 5 rings (SSSR count). The standard InChI is InChI=1S/C37H46N4O7S/c1-25(2)47-36(45)41-17-15-29(16-18-41)39-19-21-40(22-20-39)33(42)30-23-31(49-32(30)38-35(44)48-37(3,4)5)27-11-13-28(14-12-27)34(43)46-24-26-9-7-6-8-10-26/h6-14,23,25,29H,15-22,24H2,1-5H3,(H,38,44). The monoisotopic (exact) mass is 690 g/mol. The van der Waals surface area contributed by atoms with Crippen LogP contribution >= 0.6 is 11.3 Å². The summed E-state index contributed by atoms with van der Waals surface area (Å²) in [7, 11) is 0. The average molecular weight is 691 g/mol. The number of nitrogens with one attached hydrogen (secondary N) is 1. The number of benzene rings is 2. The van der Waals surface area contributed by atoms with Crippen molar-refractivity contribution in [2.45, 2.75) is 71.8 Å². The highest BCUT2D eigenvalue weighted by molar-refractivity contribution is 7.20. The Morgan fingerprint density at radius 1 is 0.878 bits per heavy atom. The Kier molecular flexibility index (Phi) is 11.6. The number of hydrogen-bond acceptors (Lipinski definition) is 9. The van der Waals surface area contributed by atoms with Crippen LogP contribution in [0.3, 0.4) is 0 Å². The maximum absolute atomic E-state index is 14.0. The van der Waals surface area contributed by atoms with E-state index in [1.54, 1.807) is 43.9 Å². The summed E-state index contributed by atoms with van der Waals surface area (Å²) in [4.78, 5) is 58.5. The number of rotatable bonds is 8. The fourth-order valence-corrected chi connectivity index (χ4v) is 6.95. The Morgan fingerprint density at radius 3 is 2.14 bits per heavy atom. The molecular formula is C37H46N4O7S. The van der Waals surface area contributed by atoms with Gasteiger partial charge in [-0.1, -0.05) is 42.5 Å². The minimum absolute atomic E-state index is 0.142. The number of carbonyl (C=O) groups is 4. The van der Waals surface area contributed by atoms with Gasteiger partial charge in [0.15, 0.2) is 0 Å². The number of piperidine rings is 1. The Balaban J connectivity index is 1.24. The van der Waals surface area contributed by atoms with Crippen LogP contribution in [-0.4, -0.2) is 95.8 Å². The molecule has 0 bridgehead atoms. The van der Waals surface area contributed by atoms with Crippen LogP contribution in [0.15, 0.2) is 60.7 Å². The molecule has 0 spiro atoms. The molecule has 2 saturated heterocycles. The predicted octanol–water partition coefficient (Wildman–Crippen LogP) is 6.89. The summed E-state index contributed by atoms with van der Waals surface area (Å²) in [6.45, 7) is 13.1. The number of carbonyl (C=O) groups excluding carboxylic acids is 4. The molecule has 0 saturated carbocycles. The SMILES string of the molecule is CC(C)OC(=O)N1CCC(N2CCN(C(=O)c3cc(-c4ccc(C(=O)OCc5ccccc5)cc4)sc3NC(=O)OC(C)(C)C)CC2)CC1. The van der Waals surface area contributed by atoms with Gasteiger partial charge in [0.05, 0.1) is 17.2 Å². The van der Waals surface area contributed by atoms with Crippen molar-refractivity contribution in [2.75, 3.05) is 44.6 Å². The normalized spacial score (nSPS) is 16.0. The van der Waals surface area contributed by atoms with Crippen LogP contribution in [0.25, 0.3) is 10.4 Å². The lowest BCUT2D eigenvalue weighted by molar-refractivity contribution is 0.0359. The van der Waals surface area contributed by atoms with Gasteiger partial charge in [-0.15, -0.1) is 11.3 Å². The first-order chi connectivity index (χ1) is 23.4. The number of ether oxygens (including phenoxy) is 3. The number of likely N-dealkylation sites (tertiary alicyclic amines) is 1. The number of amides is 3. The molecule has 2 aliphatic heterocycles. The largest absolute Gasteiger partial charge is 0.457 e. The Labute approximate surface area is 292 Å². The molecule has 49 heavy (non-hydrogen) atoms. The van der Waals surface area contributed by atoms with Gasteiger partial charge >= 0.3 is 18.2 Å². The summed E-state index contributed by atoms with van der Waals surface area (Å²) in [6.07, 6.45) is 0.689. The van der Waals surface area contributed by atoms with Crippen molar-refractivity contribution in [3.8, 4) is 10.4 Å². The second-order valence-electron chi connectivity index (χ2n) is 13.6. The molecule has 0 atom stereocenters. The number of thiophene rings is 1. The van der Waals surface area contributed by atoms with Crippen molar-refractivity contribution in [1.82, 2.24) is 14.7 Å². The Bertz CT molecular complexity index is 1600. The van der Waals surface area contributed by atoms with E-state index in [0.717, 1.165) is 41.9 Å². The number of nitrogens with zero attached hydrogens (tertiary/aromatic N) is 3. The van der Waals surface area contributed by atoms with Crippen LogP contribution < -0.4 is 5.32 Å². The molecule has 0 unspecified atom stereocenters. The first-order valence-electron chi connectivity index (χ1n) is 16.8. The van der Waals surface area contributed by atoms with E-state index >= 15 is 0 Å². The first-order valence-corrected chi connectivity index (χ1v) is 17.6. The number of hydrogen-bond donors (Lipinski definition) is 1. The number of anilines is 1. The fraction of sp³-hybridized carbons (Fsp3) is 0.459. The second kappa shape index (κ2) is 15.9. The third kappa shape index (κ3) is 9.82. The smallest absolute Gasteiger partial charge is 0.412 e. The lowest BCUT2D eigenvalue weighted by Gasteiger charge is -2.42. The molecule has 12 heteroatoms. The van der Waals surface area contributed by atoms with Gasteiger partial charge < -0.3 is 24.0 Å². The molecule has 2 fully saturated rings. The first kappa shape index (κ1) is 35.9. The minimum atomic E-state index is -0.708. The molecule has 1 aromatic heterocycles. The zero-order valence-electron chi connectivity index (χ0n) is 28.9. The van der Waals surface area contributed by atoms with Gasteiger partial charge in [0.25, 0.3) is 5.91 Å². The third-order valence-electron chi connectivity index (χ3n) is 8.37. The zero-order chi connectivity index (χ0) is 35.1. The second-order valence-corrected chi connectivity index (χ2v) is 14.7. The molecule has 1 N–H and O–H groups in total. The van der Waals surface area contributed by atoms with E-state index in [1.807, 2.05) is 61.2 Å². The molecule has 2 aliphatic rings. The summed E-state index contributed by atoms with van der Waals surface area (Å²) >= 11 is 1.28. The average Bonchev–Trinajstić information content (AvgIpc) is 3.49. The summed E-state index contributed by atoms with van der Waals surface area (Å²) in [5, 5.41) is 3.21. The molecule has 11 nitrogen and oxygen atoms in total. The summed E-state index contributed by atoms with van der Waals surface area (Å²) in [5.74, 6) is -0.594. The summed E-state index contributed by atoms with van der Waals surface area (Å²) < 4.78 is 16.3. The van der Waals surface area contributed by atoms with Crippen molar-refractivity contribution < 1.29 is 33.4 Å². The third-order valence-corrected chi connectivity index (χ3v) is 9.47. The van der Waals surface area contributed by atoms with Gasteiger partial charge in [0.1, 0.15) is 17.2 Å². The lowest BCUT2D eigenvalue weighted by Crippen LogP contribution is -2.54. The summed E-state index contributed by atoms with van der Waals surface area (Å²) in [5.41, 5.74) is 1.80. The van der Waals surface area contributed by atoms with Gasteiger partial charge in [0.2, 0.25) is 0 Å². The predicted molar refractivity (Wildman–Crippen MR) is 189 cm³/mol. The molecule has 0 aliphatic carbocycles. The van der Waals surface area contributed by atoms with Crippen molar-refractivity contribution in [1.29, 1.82) is 0 Å². The van der Waals surface area contributed by atoms with E-state index in [0.29, 0.717) is 48.3 Å². The van der Waals surface area contributed by atoms with Gasteiger partial charge in [-0.3, -0.25) is 15.0 Å². The maximum atomic E-state index is 14.0. The summed E-state index contributed by atoms with van der Waals surface area (Å²) in [6, 6.07) is 18.6. The molecule has 0 radical (unpaired) electrons. The van der Waals surface area contributed by atoms with E-state index in [9.17, 15) is 19.2 Å². The quantitative estimate of drug-likeness (QED) is 0.201. The van der Waals surface area contributed by atoms with Gasteiger partial charge in [-0.2, -0.15) is 0 Å². The van der Waals surface area contributed by atoms with Crippen molar-refractivity contribution in [3.63, 3.8) is 0 Å². The van der Waals surface area contributed by atoms with Crippen LogP contribution in [0, 0.1) is 0 Å². The highest BCUT2D eigenvalue weighted by atomic mass is 32.1. The highest BCUT2D eigenvalue weighted by Crippen LogP contribution is 2.37. The van der Waals surface area contributed by atoms with Gasteiger partial charge in [-0.05, 0) is 76.8 Å². The molecule has 3 amide bonds. The fourth-order valence-electron chi connectivity index (χ4n) is 5.91. The van der Waals surface area contributed by atoms with Gasteiger partial charge in [0, 0.05) is 50.2 Å². The van der Waals surface area contributed by atoms with Gasteiger partial charge in [-0.25, -0.2) is 14.4 Å². The Morgan fingerprint density at radius 2 is 1.53 bits per heavy atom. The Hall–Kier alpha value is -4.42. The topological polar surface area (TPSA) is 118 Å². The van der Waals surface area contributed by atoms with Crippen LogP contribution in [0.1, 0.15) is 73.7 Å². The van der Waals surface area contributed by atoms with E-state index in [4.69, 9.17) is 14.2 Å². The molecule has 262 valence electrons. The molecule has 3 aromatic rings. The van der Waals surface area contributed by atoms with E-state index < -0.39 is 17.7 Å². The minimum Gasteiger partial charge on any atom is -0.457 e. The lowest BCUT2D eigenvalue weighted by atomic mass is 10.0.